The van der Waals surface area contributed by atoms with Crippen LogP contribution in [0.2, 0.25) is 0 Å². The third kappa shape index (κ3) is 2.71. The smallest absolute Gasteiger partial charge is 0.283 e. The van der Waals surface area contributed by atoms with Gasteiger partial charge in [0.2, 0.25) is 0 Å². The third-order valence-corrected chi connectivity index (χ3v) is 5.26. The quantitative estimate of drug-likeness (QED) is 0.761. The van der Waals surface area contributed by atoms with Crippen LogP contribution in [0.1, 0.15) is 22.3 Å². The Morgan fingerprint density at radius 2 is 1.58 bits per heavy atom. The molecule has 2 aliphatic heterocycles. The van der Waals surface area contributed by atoms with Gasteiger partial charge in [0.05, 0.1) is 5.69 Å². The number of fused-ring (bicyclic) bond motifs is 1. The Kier molecular flexibility index (Phi) is 4.08. The first kappa shape index (κ1) is 16.9. The van der Waals surface area contributed by atoms with Crippen molar-refractivity contribution in [1.29, 1.82) is 0 Å². The van der Waals surface area contributed by atoms with Crippen molar-refractivity contribution in [3.8, 4) is 0 Å². The third-order valence-electron chi connectivity index (χ3n) is 4.92. The van der Waals surface area contributed by atoms with Crippen LogP contribution in [-0.4, -0.2) is 23.3 Å². The lowest BCUT2D eigenvalue weighted by atomic mass is 9.99. The van der Waals surface area contributed by atoms with E-state index >= 15 is 0 Å². The molecule has 4 rings (SSSR count). The van der Waals surface area contributed by atoms with Gasteiger partial charge in [0, 0.05) is 13.1 Å². The zero-order chi connectivity index (χ0) is 18.4. The number of rotatable bonds is 2. The van der Waals surface area contributed by atoms with E-state index in [0.717, 1.165) is 17.5 Å². The van der Waals surface area contributed by atoms with Crippen molar-refractivity contribution >= 4 is 29.1 Å². The van der Waals surface area contributed by atoms with Crippen molar-refractivity contribution < 1.29 is 9.59 Å². The molecule has 132 valence electrons. The number of carbonyl (C=O) groups excluding carboxylic acids is 2. The van der Waals surface area contributed by atoms with Gasteiger partial charge in [-0.25, -0.2) is 4.90 Å². The molecule has 0 N–H and O–H groups in total. The molecule has 0 fully saturated rings. The Bertz CT molecular complexity index is 944. The van der Waals surface area contributed by atoms with Crippen LogP contribution in [0.25, 0.3) is 0 Å². The van der Waals surface area contributed by atoms with Gasteiger partial charge in [-0.1, -0.05) is 41.9 Å². The maximum Gasteiger partial charge on any atom is 0.283 e. The van der Waals surface area contributed by atoms with Crippen LogP contribution in [0, 0.1) is 13.8 Å². The molecule has 0 saturated carbocycles. The summed E-state index contributed by atoms with van der Waals surface area (Å²) in [4.78, 5) is 28.9. The lowest BCUT2D eigenvalue weighted by Gasteiger charge is -2.31. The molecule has 4 nitrogen and oxygen atoms in total. The van der Waals surface area contributed by atoms with Crippen molar-refractivity contribution in [2.75, 3.05) is 11.4 Å². The summed E-state index contributed by atoms with van der Waals surface area (Å²) in [5.74, 6) is -0.792. The standard InChI is InChI=1S/C21H19ClN2O2/c1-13-9-14(2)11-17(10-13)24-20(25)18(22)19(21(24)26)23-8-7-15-5-3-4-6-16(15)12-23/h3-6,9-11H,7-8,12H2,1-2H3. The van der Waals surface area contributed by atoms with Gasteiger partial charge in [0.25, 0.3) is 11.8 Å². The Labute approximate surface area is 157 Å². The Balaban J connectivity index is 1.68. The highest BCUT2D eigenvalue weighted by Crippen LogP contribution is 2.34. The highest BCUT2D eigenvalue weighted by atomic mass is 35.5. The number of halogens is 1. The van der Waals surface area contributed by atoms with Crippen LogP contribution < -0.4 is 4.90 Å². The maximum atomic E-state index is 13.1. The number of carbonyl (C=O) groups is 2. The molecule has 0 aromatic heterocycles. The summed E-state index contributed by atoms with van der Waals surface area (Å²) in [6, 6.07) is 13.8. The van der Waals surface area contributed by atoms with Gasteiger partial charge in [0.15, 0.2) is 0 Å². The number of amides is 2. The zero-order valence-electron chi connectivity index (χ0n) is 14.8. The monoisotopic (exact) mass is 366 g/mol. The SMILES string of the molecule is Cc1cc(C)cc(N2C(=O)C(Cl)=C(N3CCc4ccccc4C3)C2=O)c1. The molecule has 2 heterocycles. The van der Waals surface area contributed by atoms with Crippen LogP contribution in [0.15, 0.2) is 53.2 Å². The average Bonchev–Trinajstić information content (AvgIpc) is 2.83. The predicted molar refractivity (Wildman–Crippen MR) is 102 cm³/mol. The summed E-state index contributed by atoms with van der Waals surface area (Å²) in [5.41, 5.74) is 5.33. The van der Waals surface area contributed by atoms with Crippen molar-refractivity contribution in [3.63, 3.8) is 0 Å². The van der Waals surface area contributed by atoms with Gasteiger partial charge < -0.3 is 4.90 Å². The molecule has 0 spiro atoms. The molecule has 0 radical (unpaired) electrons. The van der Waals surface area contributed by atoms with E-state index in [2.05, 4.69) is 12.1 Å². The largest absolute Gasteiger partial charge is 0.361 e. The number of benzene rings is 2. The van der Waals surface area contributed by atoms with E-state index in [9.17, 15) is 9.59 Å². The van der Waals surface area contributed by atoms with Crippen LogP contribution in [0.5, 0.6) is 0 Å². The Hall–Kier alpha value is -2.59. The van der Waals surface area contributed by atoms with E-state index in [4.69, 9.17) is 11.6 Å². The second-order valence-corrected chi connectivity index (χ2v) is 7.27. The van der Waals surface area contributed by atoms with E-state index in [1.165, 1.54) is 16.0 Å². The Morgan fingerprint density at radius 3 is 2.27 bits per heavy atom. The summed E-state index contributed by atoms with van der Waals surface area (Å²) in [6.07, 6.45) is 0.828. The van der Waals surface area contributed by atoms with Gasteiger partial charge in [-0.3, -0.25) is 9.59 Å². The Morgan fingerprint density at radius 1 is 0.923 bits per heavy atom. The molecule has 2 aromatic rings. The van der Waals surface area contributed by atoms with Crippen molar-refractivity contribution in [2.24, 2.45) is 0 Å². The summed E-state index contributed by atoms with van der Waals surface area (Å²) in [7, 11) is 0. The first-order valence-electron chi connectivity index (χ1n) is 8.64. The molecule has 0 saturated heterocycles. The van der Waals surface area contributed by atoms with Gasteiger partial charge in [-0.2, -0.15) is 0 Å². The topological polar surface area (TPSA) is 40.6 Å². The minimum Gasteiger partial charge on any atom is -0.361 e. The molecule has 5 heteroatoms. The first-order valence-corrected chi connectivity index (χ1v) is 9.02. The fourth-order valence-electron chi connectivity index (χ4n) is 3.77. The minimum atomic E-state index is -0.449. The van der Waals surface area contributed by atoms with E-state index < -0.39 is 5.91 Å². The predicted octanol–water partition coefficient (Wildman–Crippen LogP) is 3.69. The maximum absolute atomic E-state index is 13.1. The molecule has 0 bridgehead atoms. The fourth-order valence-corrected chi connectivity index (χ4v) is 4.05. The van der Waals surface area contributed by atoms with Crippen molar-refractivity contribution in [2.45, 2.75) is 26.8 Å². The van der Waals surface area contributed by atoms with E-state index in [1.54, 1.807) is 0 Å². The van der Waals surface area contributed by atoms with Gasteiger partial charge in [0.1, 0.15) is 10.7 Å². The molecule has 26 heavy (non-hydrogen) atoms. The number of hydrogen-bond acceptors (Lipinski definition) is 3. The van der Waals surface area contributed by atoms with Gasteiger partial charge in [-0.15, -0.1) is 0 Å². The van der Waals surface area contributed by atoms with Gasteiger partial charge in [-0.05, 0) is 54.7 Å². The lowest BCUT2D eigenvalue weighted by Crippen LogP contribution is -2.37. The molecule has 2 aliphatic rings. The summed E-state index contributed by atoms with van der Waals surface area (Å²) in [6.45, 7) is 5.14. The van der Waals surface area contributed by atoms with Crippen LogP contribution in [-0.2, 0) is 22.6 Å². The molecular weight excluding hydrogens is 348 g/mol. The molecule has 0 aliphatic carbocycles. The van der Waals surface area contributed by atoms with Crippen molar-refractivity contribution in [1.82, 2.24) is 4.90 Å². The number of hydrogen-bond donors (Lipinski definition) is 0. The normalized spacial score (nSPS) is 17.2. The lowest BCUT2D eigenvalue weighted by molar-refractivity contribution is -0.121. The fraction of sp³-hybridized carbons (Fsp3) is 0.238. The number of nitrogens with zero attached hydrogens (tertiary/aromatic N) is 2. The van der Waals surface area contributed by atoms with E-state index in [-0.39, 0.29) is 10.9 Å². The second kappa shape index (κ2) is 6.29. The minimum absolute atomic E-state index is 0.00791. The van der Waals surface area contributed by atoms with Crippen LogP contribution >= 0.6 is 11.6 Å². The number of imide groups is 1. The van der Waals surface area contributed by atoms with Crippen LogP contribution in [0.4, 0.5) is 5.69 Å². The summed E-state index contributed by atoms with van der Waals surface area (Å²) >= 11 is 6.33. The first-order chi connectivity index (χ1) is 12.5. The van der Waals surface area contributed by atoms with Crippen molar-refractivity contribution in [3.05, 3.63) is 75.4 Å². The van der Waals surface area contributed by atoms with E-state index in [1.807, 2.05) is 49.1 Å². The zero-order valence-corrected chi connectivity index (χ0v) is 15.5. The number of anilines is 1. The molecule has 2 aromatic carbocycles. The van der Waals surface area contributed by atoms with Crippen LogP contribution in [0.3, 0.4) is 0 Å². The molecule has 0 atom stereocenters. The summed E-state index contributed by atoms with van der Waals surface area (Å²) < 4.78 is 0. The van der Waals surface area contributed by atoms with E-state index in [0.29, 0.717) is 24.5 Å². The average molecular weight is 367 g/mol. The highest BCUT2D eigenvalue weighted by Gasteiger charge is 2.42. The molecule has 0 unspecified atom stereocenters. The molecular formula is C21H19ClN2O2. The molecule has 2 amide bonds. The van der Waals surface area contributed by atoms with Gasteiger partial charge >= 0.3 is 0 Å². The second-order valence-electron chi connectivity index (χ2n) is 6.89. The highest BCUT2D eigenvalue weighted by molar-refractivity contribution is 6.52. The summed E-state index contributed by atoms with van der Waals surface area (Å²) in [5, 5.41) is 0.00791. The number of aryl methyl sites for hydroxylation is 2.